The maximum atomic E-state index is 11.4. The molecule has 2 aromatic heterocycles. The van der Waals surface area contributed by atoms with E-state index in [1.807, 2.05) is 0 Å². The van der Waals surface area contributed by atoms with Gasteiger partial charge >= 0.3 is 5.97 Å². The summed E-state index contributed by atoms with van der Waals surface area (Å²) < 4.78 is 5.94. The van der Waals surface area contributed by atoms with Gasteiger partial charge in [-0.15, -0.1) is 11.3 Å². The van der Waals surface area contributed by atoms with Crippen molar-refractivity contribution in [2.45, 2.75) is 19.3 Å². The molecule has 1 aliphatic rings. The second-order valence-electron chi connectivity index (χ2n) is 7.08. The topological polar surface area (TPSA) is 102 Å². The highest BCUT2D eigenvalue weighted by Gasteiger charge is 2.19. The van der Waals surface area contributed by atoms with E-state index in [0.29, 0.717) is 43.9 Å². The van der Waals surface area contributed by atoms with E-state index in [9.17, 15) is 9.90 Å². The number of anilines is 1. The number of nitrogens with zero attached hydrogens (tertiary/aromatic N) is 3. The Bertz CT molecular complexity index is 1100. The van der Waals surface area contributed by atoms with Gasteiger partial charge in [-0.3, -0.25) is 4.90 Å². The molecule has 0 radical (unpaired) electrons. The number of rotatable bonds is 6. The molecule has 0 saturated carbocycles. The number of hydrogen-bond donors (Lipinski definition) is 2. The van der Waals surface area contributed by atoms with Crippen molar-refractivity contribution in [1.82, 2.24) is 14.9 Å². The van der Waals surface area contributed by atoms with Gasteiger partial charge in [-0.05, 0) is 44.1 Å². The molecule has 158 valence electrons. The molecule has 30 heavy (non-hydrogen) atoms. The van der Waals surface area contributed by atoms with Crippen LogP contribution in [0.2, 0.25) is 10.0 Å². The maximum Gasteiger partial charge on any atom is 0.345 e. The van der Waals surface area contributed by atoms with Gasteiger partial charge < -0.3 is 15.6 Å². The van der Waals surface area contributed by atoms with Crippen LogP contribution in [-0.4, -0.2) is 52.2 Å². The Hall–Kier alpha value is -2.13. The lowest BCUT2D eigenvalue weighted by Gasteiger charge is -2.26. The number of carbonyl (C=O) groups is 1. The maximum absolute atomic E-state index is 11.4. The van der Waals surface area contributed by atoms with Crippen molar-refractivity contribution >= 4 is 56.7 Å². The summed E-state index contributed by atoms with van der Waals surface area (Å²) in [6, 6.07) is 4.85. The number of ether oxygens (including phenoxy) is 1. The molecular formula is C20H20Cl2N4O3S. The number of likely N-dealkylation sites (tertiary alicyclic amines) is 1. The number of thiophene rings is 1. The van der Waals surface area contributed by atoms with Gasteiger partial charge in [0.15, 0.2) is 0 Å². The lowest BCUT2D eigenvalue weighted by atomic mass is 10.1. The molecule has 0 aliphatic carbocycles. The molecule has 1 aliphatic heterocycles. The summed E-state index contributed by atoms with van der Waals surface area (Å²) in [6.07, 6.45) is 3.72. The smallest absolute Gasteiger partial charge is 0.345 e. The minimum atomic E-state index is -1.04. The standard InChI is InChI=1S/C20H20Cl2N4O3S/c21-13-10-14(22)15(29-7-6-26-4-2-1-3-5-26)8-11(13)17-12-9-16(19(27)28)30-18(12)25-20(23)24-17/h8-10H,1-7H2,(H,27,28)(H2,23,24,25). The summed E-state index contributed by atoms with van der Waals surface area (Å²) in [4.78, 5) is 22.9. The van der Waals surface area contributed by atoms with Gasteiger partial charge in [0.25, 0.3) is 0 Å². The number of fused-ring (bicyclic) bond motifs is 1. The van der Waals surface area contributed by atoms with Gasteiger partial charge in [0, 0.05) is 17.5 Å². The van der Waals surface area contributed by atoms with Crippen LogP contribution in [0.5, 0.6) is 5.75 Å². The van der Waals surface area contributed by atoms with Crippen LogP contribution in [-0.2, 0) is 0 Å². The largest absolute Gasteiger partial charge is 0.491 e. The minimum absolute atomic E-state index is 0.0369. The van der Waals surface area contributed by atoms with Crippen molar-refractivity contribution in [2.75, 3.05) is 32.0 Å². The van der Waals surface area contributed by atoms with Crippen LogP contribution >= 0.6 is 34.5 Å². The fourth-order valence-corrected chi connectivity index (χ4v) is 4.94. The van der Waals surface area contributed by atoms with Crippen molar-refractivity contribution in [2.24, 2.45) is 0 Å². The van der Waals surface area contributed by atoms with Gasteiger partial charge in [0.2, 0.25) is 5.95 Å². The second-order valence-corrected chi connectivity index (χ2v) is 8.92. The monoisotopic (exact) mass is 466 g/mol. The molecule has 7 nitrogen and oxygen atoms in total. The Morgan fingerprint density at radius 2 is 1.93 bits per heavy atom. The molecule has 4 rings (SSSR count). The molecule has 1 fully saturated rings. The number of carboxylic acids is 1. The van der Waals surface area contributed by atoms with Crippen LogP contribution in [0.1, 0.15) is 28.9 Å². The van der Waals surface area contributed by atoms with Crippen LogP contribution in [0, 0.1) is 0 Å². The number of carboxylic acid groups (broad SMARTS) is 1. The van der Waals surface area contributed by atoms with Gasteiger partial charge in [-0.1, -0.05) is 29.6 Å². The summed E-state index contributed by atoms with van der Waals surface area (Å²) in [7, 11) is 0. The zero-order valence-electron chi connectivity index (χ0n) is 16.0. The van der Waals surface area contributed by atoms with Gasteiger partial charge in [0.05, 0.1) is 15.7 Å². The Morgan fingerprint density at radius 3 is 2.67 bits per heavy atom. The van der Waals surface area contributed by atoms with E-state index in [1.165, 1.54) is 25.3 Å². The predicted molar refractivity (Wildman–Crippen MR) is 120 cm³/mol. The number of aromatic nitrogens is 2. The number of halogens is 2. The van der Waals surface area contributed by atoms with Crippen LogP contribution in [0.25, 0.3) is 21.5 Å². The zero-order chi connectivity index (χ0) is 21.3. The average Bonchev–Trinajstić information content (AvgIpc) is 3.14. The Morgan fingerprint density at radius 1 is 1.17 bits per heavy atom. The normalized spacial score (nSPS) is 14.9. The number of hydrogen-bond acceptors (Lipinski definition) is 7. The molecule has 0 atom stereocenters. The van der Waals surface area contributed by atoms with Crippen LogP contribution in [0.4, 0.5) is 5.95 Å². The third kappa shape index (κ3) is 4.46. The van der Waals surface area contributed by atoms with E-state index >= 15 is 0 Å². The number of nitrogens with two attached hydrogens (primary N) is 1. The molecule has 1 aromatic carbocycles. The molecule has 0 spiro atoms. The highest BCUT2D eigenvalue weighted by Crippen LogP contribution is 2.40. The quantitative estimate of drug-likeness (QED) is 0.537. The fourth-order valence-electron chi connectivity index (χ4n) is 3.54. The predicted octanol–water partition coefficient (Wildman–Crippen LogP) is 4.81. The first-order valence-corrected chi connectivity index (χ1v) is 11.1. The van der Waals surface area contributed by atoms with Crippen LogP contribution in [0.3, 0.4) is 0 Å². The SMILES string of the molecule is Nc1nc(-c2cc(OCCN3CCCCC3)c(Cl)cc2Cl)c2cc(C(=O)O)sc2n1. The Kier molecular flexibility index (Phi) is 6.29. The van der Waals surface area contributed by atoms with Crippen molar-refractivity contribution in [3.63, 3.8) is 0 Å². The van der Waals surface area contributed by atoms with Crippen molar-refractivity contribution in [1.29, 1.82) is 0 Å². The third-order valence-corrected chi connectivity index (χ3v) is 6.64. The van der Waals surface area contributed by atoms with E-state index in [4.69, 9.17) is 33.7 Å². The third-order valence-electron chi connectivity index (χ3n) is 5.01. The first kappa shape index (κ1) is 21.1. The van der Waals surface area contributed by atoms with Crippen molar-refractivity contribution in [3.8, 4) is 17.0 Å². The average molecular weight is 467 g/mol. The molecule has 1 saturated heterocycles. The lowest BCUT2D eigenvalue weighted by molar-refractivity contribution is 0.0702. The number of aromatic carboxylic acids is 1. The summed E-state index contributed by atoms with van der Waals surface area (Å²) >= 11 is 13.8. The highest BCUT2D eigenvalue weighted by molar-refractivity contribution is 7.20. The molecule has 10 heteroatoms. The molecular weight excluding hydrogens is 447 g/mol. The Balaban J connectivity index is 1.65. The summed E-state index contributed by atoms with van der Waals surface area (Å²) in [5.41, 5.74) is 6.87. The van der Waals surface area contributed by atoms with Gasteiger partial charge in [-0.25, -0.2) is 14.8 Å². The van der Waals surface area contributed by atoms with E-state index in [-0.39, 0.29) is 10.8 Å². The second kappa shape index (κ2) is 8.93. The van der Waals surface area contributed by atoms with Crippen molar-refractivity contribution in [3.05, 3.63) is 33.1 Å². The van der Waals surface area contributed by atoms with E-state index in [0.717, 1.165) is 31.0 Å². The number of benzene rings is 1. The van der Waals surface area contributed by atoms with Gasteiger partial charge in [-0.2, -0.15) is 0 Å². The summed E-state index contributed by atoms with van der Waals surface area (Å²) in [5.74, 6) is -0.506. The zero-order valence-corrected chi connectivity index (χ0v) is 18.4. The van der Waals surface area contributed by atoms with E-state index in [2.05, 4.69) is 14.9 Å². The van der Waals surface area contributed by atoms with Crippen LogP contribution in [0.15, 0.2) is 18.2 Å². The summed E-state index contributed by atoms with van der Waals surface area (Å²) in [5, 5.41) is 10.7. The highest BCUT2D eigenvalue weighted by atomic mass is 35.5. The summed E-state index contributed by atoms with van der Waals surface area (Å²) in [6.45, 7) is 3.51. The number of nitrogen functional groups attached to an aromatic ring is 1. The number of piperidine rings is 1. The van der Waals surface area contributed by atoms with E-state index in [1.54, 1.807) is 12.1 Å². The molecule has 0 amide bonds. The molecule has 3 N–H and O–H groups in total. The Labute approximate surface area is 187 Å². The molecule has 0 bridgehead atoms. The van der Waals surface area contributed by atoms with Gasteiger partial charge in [0.1, 0.15) is 22.1 Å². The molecule has 3 aromatic rings. The lowest BCUT2D eigenvalue weighted by Crippen LogP contribution is -2.33. The molecule has 3 heterocycles. The van der Waals surface area contributed by atoms with Crippen molar-refractivity contribution < 1.29 is 14.6 Å². The first-order valence-electron chi connectivity index (χ1n) is 9.57. The van der Waals surface area contributed by atoms with Crippen LogP contribution < -0.4 is 10.5 Å². The van der Waals surface area contributed by atoms with E-state index < -0.39 is 5.97 Å². The minimum Gasteiger partial charge on any atom is -0.491 e. The first-order chi connectivity index (χ1) is 14.4. The fraction of sp³-hybridized carbons (Fsp3) is 0.350. The molecule has 0 unspecified atom stereocenters.